The van der Waals surface area contributed by atoms with Gasteiger partial charge in [-0.2, -0.15) is 0 Å². The van der Waals surface area contributed by atoms with E-state index in [1.54, 1.807) is 18.2 Å². The molecule has 0 heterocycles. The fraction of sp³-hybridized carbons (Fsp3) is 0.417. The largest absolute Gasteiger partial charge is 0.530 e. The third kappa shape index (κ3) is 3.89. The van der Waals surface area contributed by atoms with E-state index in [2.05, 4.69) is 0 Å². The van der Waals surface area contributed by atoms with Gasteiger partial charge in [-0.3, -0.25) is 0 Å². The SMILES string of the molecule is CCS(=O)(=O)C(C(F)F)N(Cc1ccccc1)C(=O)[O-]. The van der Waals surface area contributed by atoms with Gasteiger partial charge in [-0.25, -0.2) is 17.2 Å². The maximum absolute atomic E-state index is 13.0. The van der Waals surface area contributed by atoms with Gasteiger partial charge in [-0.15, -0.1) is 0 Å². The highest BCUT2D eigenvalue weighted by Gasteiger charge is 2.38. The molecule has 0 saturated carbocycles. The second-order valence-electron chi connectivity index (χ2n) is 4.06. The van der Waals surface area contributed by atoms with Crippen molar-refractivity contribution in [2.75, 3.05) is 5.75 Å². The molecule has 0 aliphatic heterocycles. The second-order valence-corrected chi connectivity index (χ2v) is 6.44. The Morgan fingerprint density at radius 2 is 1.85 bits per heavy atom. The van der Waals surface area contributed by atoms with Crippen LogP contribution in [0.2, 0.25) is 0 Å². The summed E-state index contributed by atoms with van der Waals surface area (Å²) in [6.45, 7) is 0.706. The van der Waals surface area contributed by atoms with Crippen molar-refractivity contribution in [1.29, 1.82) is 0 Å². The third-order valence-corrected chi connectivity index (χ3v) is 4.72. The van der Waals surface area contributed by atoms with Crippen LogP contribution in [0, 0.1) is 0 Å². The molecule has 0 saturated heterocycles. The number of carbonyl (C=O) groups excluding carboxylic acids is 1. The lowest BCUT2D eigenvalue weighted by Crippen LogP contribution is -2.53. The number of halogens is 2. The summed E-state index contributed by atoms with van der Waals surface area (Å²) in [7, 11) is -4.27. The Morgan fingerprint density at radius 3 is 2.25 bits per heavy atom. The topological polar surface area (TPSA) is 77.5 Å². The highest BCUT2D eigenvalue weighted by atomic mass is 32.2. The first-order valence-electron chi connectivity index (χ1n) is 5.81. The monoisotopic (exact) mass is 306 g/mol. The summed E-state index contributed by atoms with van der Waals surface area (Å²) in [5.74, 6) is -0.583. The van der Waals surface area contributed by atoms with Crippen LogP contribution in [0.1, 0.15) is 12.5 Å². The maximum atomic E-state index is 13.0. The van der Waals surface area contributed by atoms with Gasteiger partial charge in [0, 0.05) is 12.3 Å². The molecule has 0 radical (unpaired) electrons. The first kappa shape index (κ1) is 16.4. The van der Waals surface area contributed by atoms with Gasteiger partial charge in [-0.05, 0) is 5.56 Å². The molecule has 1 amide bonds. The van der Waals surface area contributed by atoms with E-state index in [-0.39, 0.29) is 4.90 Å². The van der Waals surface area contributed by atoms with Crippen molar-refractivity contribution in [3.05, 3.63) is 35.9 Å². The van der Waals surface area contributed by atoms with Crippen LogP contribution in [-0.2, 0) is 16.4 Å². The number of sulfone groups is 1. The van der Waals surface area contributed by atoms with Crippen molar-refractivity contribution in [1.82, 2.24) is 4.90 Å². The number of hydrogen-bond acceptors (Lipinski definition) is 4. The lowest BCUT2D eigenvalue weighted by Gasteiger charge is -2.32. The number of hydrogen-bond donors (Lipinski definition) is 0. The van der Waals surface area contributed by atoms with E-state index < -0.39 is 40.0 Å². The van der Waals surface area contributed by atoms with Crippen LogP contribution in [0.4, 0.5) is 13.6 Å². The Hall–Kier alpha value is -1.70. The molecule has 0 N–H and O–H groups in total. The zero-order chi connectivity index (χ0) is 15.3. The van der Waals surface area contributed by atoms with Crippen LogP contribution >= 0.6 is 0 Å². The molecule has 20 heavy (non-hydrogen) atoms. The summed E-state index contributed by atoms with van der Waals surface area (Å²) in [4.78, 5) is 11.2. The number of carboxylic acid groups (broad SMARTS) is 1. The molecular formula is C12H14F2NO4S-. The molecule has 8 heteroatoms. The number of amides is 1. The molecule has 0 aromatic heterocycles. The molecule has 0 aliphatic carbocycles. The van der Waals surface area contributed by atoms with Gasteiger partial charge in [0.25, 0.3) is 6.43 Å². The van der Waals surface area contributed by atoms with E-state index in [4.69, 9.17) is 0 Å². The highest BCUT2D eigenvalue weighted by molar-refractivity contribution is 7.92. The Labute approximate surface area is 115 Å². The molecule has 1 aromatic carbocycles. The van der Waals surface area contributed by atoms with Gasteiger partial charge < -0.3 is 14.8 Å². The van der Waals surface area contributed by atoms with E-state index in [1.165, 1.54) is 19.1 Å². The molecule has 112 valence electrons. The summed E-state index contributed by atoms with van der Waals surface area (Å²) in [5.41, 5.74) is 0.397. The Morgan fingerprint density at radius 1 is 1.30 bits per heavy atom. The van der Waals surface area contributed by atoms with Gasteiger partial charge in [0.2, 0.25) is 0 Å². The van der Waals surface area contributed by atoms with E-state index in [0.29, 0.717) is 5.56 Å². The number of nitrogens with zero attached hydrogens (tertiary/aromatic N) is 1. The Bertz CT molecular complexity index is 548. The molecule has 0 spiro atoms. The average Bonchev–Trinajstić information content (AvgIpc) is 2.38. The number of benzene rings is 1. The maximum Gasteiger partial charge on any atom is 0.272 e. The van der Waals surface area contributed by atoms with Gasteiger partial charge in [-0.1, -0.05) is 37.3 Å². The molecule has 1 rings (SSSR count). The third-order valence-electron chi connectivity index (χ3n) is 2.72. The van der Waals surface area contributed by atoms with Crippen LogP contribution in [0.25, 0.3) is 0 Å². The molecule has 0 fully saturated rings. The minimum absolute atomic E-state index is 0.152. The van der Waals surface area contributed by atoms with Gasteiger partial charge in [0.05, 0.1) is 0 Å². The highest BCUT2D eigenvalue weighted by Crippen LogP contribution is 2.19. The predicted molar refractivity (Wildman–Crippen MR) is 66.6 cm³/mol. The van der Waals surface area contributed by atoms with Crippen LogP contribution in [0.3, 0.4) is 0 Å². The van der Waals surface area contributed by atoms with Crippen LogP contribution in [0.5, 0.6) is 0 Å². The van der Waals surface area contributed by atoms with Crippen molar-refractivity contribution in [3.8, 4) is 0 Å². The fourth-order valence-electron chi connectivity index (χ4n) is 1.70. The van der Waals surface area contributed by atoms with Gasteiger partial charge >= 0.3 is 0 Å². The van der Waals surface area contributed by atoms with Crippen molar-refractivity contribution >= 4 is 15.9 Å². The van der Waals surface area contributed by atoms with Crippen molar-refractivity contribution in [2.45, 2.75) is 25.3 Å². The molecule has 1 unspecified atom stereocenters. The first-order valence-corrected chi connectivity index (χ1v) is 7.52. The van der Waals surface area contributed by atoms with Crippen LogP contribution in [0.15, 0.2) is 30.3 Å². The average molecular weight is 306 g/mol. The minimum Gasteiger partial charge on any atom is -0.530 e. The lowest BCUT2D eigenvalue weighted by molar-refractivity contribution is -0.269. The summed E-state index contributed by atoms with van der Waals surface area (Å²) in [6.07, 6.45) is -5.29. The van der Waals surface area contributed by atoms with Crippen molar-refractivity contribution in [2.24, 2.45) is 0 Å². The Balaban J connectivity index is 3.14. The summed E-state index contributed by atoms with van der Waals surface area (Å²) >= 11 is 0. The molecule has 0 bridgehead atoms. The number of carbonyl (C=O) groups is 1. The molecule has 5 nitrogen and oxygen atoms in total. The van der Waals surface area contributed by atoms with E-state index in [1.807, 2.05) is 0 Å². The van der Waals surface area contributed by atoms with Crippen molar-refractivity contribution < 1.29 is 27.1 Å². The van der Waals surface area contributed by atoms with Crippen LogP contribution in [-0.4, -0.2) is 37.0 Å². The smallest absolute Gasteiger partial charge is 0.272 e. The van der Waals surface area contributed by atoms with Crippen LogP contribution < -0.4 is 5.11 Å². The molecular weight excluding hydrogens is 292 g/mol. The van der Waals surface area contributed by atoms with Gasteiger partial charge in [0.1, 0.15) is 6.09 Å². The summed E-state index contributed by atoms with van der Waals surface area (Å²) < 4.78 is 49.3. The first-order chi connectivity index (χ1) is 9.29. The normalized spacial score (nSPS) is 13.2. The van der Waals surface area contributed by atoms with E-state index in [0.717, 1.165) is 0 Å². The molecule has 1 atom stereocenters. The standard InChI is InChI=1S/C12H15F2NO4S/c1-2-20(18,19)11(10(13)14)15(12(16)17)8-9-6-4-3-5-7-9/h3-7,10-11H,2,8H2,1H3,(H,16,17)/p-1. The summed E-state index contributed by atoms with van der Waals surface area (Å²) in [6, 6.07) is 7.87. The lowest BCUT2D eigenvalue weighted by atomic mass is 10.2. The molecule has 0 aliphatic rings. The number of alkyl halides is 2. The fourth-order valence-corrected chi connectivity index (χ4v) is 2.90. The van der Waals surface area contributed by atoms with E-state index in [9.17, 15) is 27.1 Å². The summed E-state index contributed by atoms with van der Waals surface area (Å²) in [5, 5.41) is 8.61. The predicted octanol–water partition coefficient (Wildman–Crippen LogP) is 0.858. The molecule has 1 aromatic rings. The Kier molecular flexibility index (Phi) is 5.43. The quantitative estimate of drug-likeness (QED) is 0.781. The minimum atomic E-state index is -4.27. The van der Waals surface area contributed by atoms with Gasteiger partial charge in [0.15, 0.2) is 15.2 Å². The van der Waals surface area contributed by atoms with Crippen molar-refractivity contribution in [3.63, 3.8) is 0 Å². The zero-order valence-corrected chi connectivity index (χ0v) is 11.5. The van der Waals surface area contributed by atoms with E-state index >= 15 is 0 Å². The second kappa shape index (κ2) is 6.65. The zero-order valence-electron chi connectivity index (χ0n) is 10.7. The number of rotatable bonds is 6.